The van der Waals surface area contributed by atoms with Crippen LogP contribution in [0.2, 0.25) is 0 Å². The minimum atomic E-state index is -1.07. The summed E-state index contributed by atoms with van der Waals surface area (Å²) in [5.74, 6) is -3.21. The number of carboxylic acids is 1. The van der Waals surface area contributed by atoms with Crippen LogP contribution in [-0.4, -0.2) is 120 Å². The molecule has 18 nitrogen and oxygen atoms in total. The molecule has 12 rings (SSSR count). The number of rotatable bonds is 18. The third-order valence-electron chi connectivity index (χ3n) is 18.9. The summed E-state index contributed by atoms with van der Waals surface area (Å²) in [4.78, 5) is 116. The van der Waals surface area contributed by atoms with Crippen LogP contribution in [-0.2, 0) is 63.8 Å². The number of carbonyl (C=O) groups excluding carboxylic acids is 8. The second kappa shape index (κ2) is 39.0. The fourth-order valence-corrected chi connectivity index (χ4v) is 13.6. The number of carbonyl (C=O) groups is 9. The molecule has 18 heteroatoms. The molecule has 2 N–H and O–H groups in total. The van der Waals surface area contributed by atoms with Crippen LogP contribution in [0.4, 0.5) is 19.2 Å². The summed E-state index contributed by atoms with van der Waals surface area (Å²) in [6.07, 6.45) is 1.70. The molecule has 3 heterocycles. The summed E-state index contributed by atoms with van der Waals surface area (Å²) in [7, 11) is 0. The maximum absolute atomic E-state index is 13.3. The summed E-state index contributed by atoms with van der Waals surface area (Å²) in [5, 5.41) is 11.9. The number of likely N-dealkylation sites (tertiary alicyclic amines) is 3. The average Bonchev–Trinajstić information content (AvgIpc) is 1.64. The van der Waals surface area contributed by atoms with Gasteiger partial charge in [0, 0.05) is 41.3 Å². The summed E-state index contributed by atoms with van der Waals surface area (Å²) in [5.41, 5.74) is 11.5. The number of benzene rings is 9. The van der Waals surface area contributed by atoms with Crippen LogP contribution in [0.25, 0.3) is 44.5 Å². The Bertz CT molecular complexity index is 4830. The minimum Gasteiger partial charge on any atom is -0.478 e. The van der Waals surface area contributed by atoms with Gasteiger partial charge in [0.05, 0.1) is 6.04 Å². The van der Waals surface area contributed by atoms with Gasteiger partial charge in [-0.3, -0.25) is 19.2 Å². The molecule has 0 aliphatic carbocycles. The lowest BCUT2D eigenvalue weighted by molar-refractivity contribution is -0.133. The Hall–Kier alpha value is -12.3. The largest absolute Gasteiger partial charge is 0.478 e. The smallest absolute Gasteiger partial charge is 0.417 e. The number of alkyl carbamates (subject to hydrolysis) is 1. The molecule has 3 aliphatic rings. The molecular weight excluding hydrogens is 1450 g/mol. The van der Waals surface area contributed by atoms with Gasteiger partial charge in [-0.05, 0) is 201 Å². The zero-order chi connectivity index (χ0) is 83.4. The fraction of sp³-hybridized carbons (Fsp3) is 0.309. The van der Waals surface area contributed by atoms with E-state index in [1.807, 2.05) is 172 Å². The van der Waals surface area contributed by atoms with E-state index in [2.05, 4.69) is 91.3 Å². The normalized spacial score (nSPS) is 16.3. The summed E-state index contributed by atoms with van der Waals surface area (Å²) in [6.45, 7) is 28.8. The molecule has 115 heavy (non-hydrogen) atoms. The van der Waals surface area contributed by atoms with Gasteiger partial charge in [0.2, 0.25) is 11.8 Å². The summed E-state index contributed by atoms with van der Waals surface area (Å²) >= 11 is 0. The van der Waals surface area contributed by atoms with Gasteiger partial charge in [-0.15, -0.1) is 0 Å². The number of Topliss-reactive ketones (excluding diaryl/α,β-unsaturated/α-hetero) is 1. The molecular formula is C97H106N4O14. The molecule has 5 atom stereocenters. The van der Waals surface area contributed by atoms with Gasteiger partial charge in [0.15, 0.2) is 5.78 Å². The third-order valence-corrected chi connectivity index (χ3v) is 18.9. The molecule has 0 saturated carbocycles. The van der Waals surface area contributed by atoms with Crippen molar-refractivity contribution in [2.45, 2.75) is 187 Å². The maximum Gasteiger partial charge on any atom is 0.417 e. The molecule has 7 amide bonds. The molecule has 9 aromatic rings. The van der Waals surface area contributed by atoms with Crippen LogP contribution in [0, 0.1) is 5.92 Å². The number of hydrogen-bond donors (Lipinski definition) is 2. The van der Waals surface area contributed by atoms with E-state index in [1.165, 1.54) is 15.4 Å². The number of nitrogens with one attached hydrogen (secondary N) is 1. The number of ketones is 1. The topological polar surface area (TPSA) is 233 Å². The Morgan fingerprint density at radius 3 is 1.13 bits per heavy atom. The fourth-order valence-electron chi connectivity index (χ4n) is 13.6. The van der Waals surface area contributed by atoms with Crippen molar-refractivity contribution in [2.75, 3.05) is 0 Å². The first kappa shape index (κ1) is 86.7. The van der Waals surface area contributed by atoms with Crippen LogP contribution >= 0.6 is 0 Å². The van der Waals surface area contributed by atoms with Crippen molar-refractivity contribution < 1.29 is 67.2 Å². The van der Waals surface area contributed by atoms with E-state index >= 15 is 0 Å². The van der Waals surface area contributed by atoms with E-state index in [-0.39, 0.29) is 48.1 Å². The molecule has 3 saturated heterocycles. The van der Waals surface area contributed by atoms with E-state index < -0.39 is 76.7 Å². The number of carboxylic acid groups (broad SMARTS) is 1. The number of nitrogens with zero attached hydrogens (tertiary/aromatic N) is 3. The van der Waals surface area contributed by atoms with Crippen molar-refractivity contribution in [1.29, 1.82) is 0 Å². The Morgan fingerprint density at radius 2 is 0.757 bits per heavy atom. The van der Waals surface area contributed by atoms with Crippen LogP contribution in [0.3, 0.4) is 0 Å². The predicted molar refractivity (Wildman–Crippen MR) is 449 cm³/mol. The Morgan fingerprint density at radius 1 is 0.426 bits per heavy atom. The average molecular weight is 1550 g/mol. The van der Waals surface area contributed by atoms with Gasteiger partial charge in [0.1, 0.15) is 28.3 Å². The molecule has 0 radical (unpaired) electrons. The highest BCUT2D eigenvalue weighted by atomic mass is 16.6. The molecule has 0 spiro atoms. The van der Waals surface area contributed by atoms with E-state index in [0.29, 0.717) is 56.1 Å². The van der Waals surface area contributed by atoms with Gasteiger partial charge in [-0.1, -0.05) is 262 Å². The van der Waals surface area contributed by atoms with Crippen molar-refractivity contribution in [3.8, 4) is 44.5 Å². The quantitative estimate of drug-likeness (QED) is 0.0352. The van der Waals surface area contributed by atoms with Gasteiger partial charge in [-0.25, -0.2) is 38.7 Å². The van der Waals surface area contributed by atoms with Crippen molar-refractivity contribution in [3.63, 3.8) is 0 Å². The van der Waals surface area contributed by atoms with E-state index in [0.717, 1.165) is 66.1 Å². The molecule has 0 aromatic heterocycles. The lowest BCUT2D eigenvalue weighted by atomic mass is 9.92. The maximum atomic E-state index is 13.3. The van der Waals surface area contributed by atoms with E-state index in [4.69, 9.17) is 24.1 Å². The molecule has 598 valence electrons. The lowest BCUT2D eigenvalue weighted by Crippen LogP contribution is -2.44. The van der Waals surface area contributed by atoms with Crippen LogP contribution in [0.15, 0.2) is 273 Å². The highest BCUT2D eigenvalue weighted by molar-refractivity contribution is 6.14. The number of hydrogen-bond acceptors (Lipinski definition) is 13. The van der Waals surface area contributed by atoms with Crippen molar-refractivity contribution >= 4 is 53.8 Å². The monoisotopic (exact) mass is 1550 g/mol. The first-order valence-electron chi connectivity index (χ1n) is 38.9. The van der Waals surface area contributed by atoms with Crippen LogP contribution in [0.5, 0.6) is 0 Å². The second-order valence-corrected chi connectivity index (χ2v) is 32.9. The first-order valence-corrected chi connectivity index (χ1v) is 38.9. The highest BCUT2D eigenvalue weighted by Gasteiger charge is 2.48. The lowest BCUT2D eigenvalue weighted by Gasteiger charge is -2.27. The number of amides is 7. The van der Waals surface area contributed by atoms with Crippen LogP contribution in [0.1, 0.15) is 148 Å². The minimum absolute atomic E-state index is 0.0435. The molecule has 1 unspecified atom stereocenters. The standard InChI is InChI=1S/C29H29NO4.C23H27NO4.C23H25NO3.C22H25NO3/c1-29(2,3)34-28(33)30-24(19-25(27(30)32)26(31)23-12-8-5-9-13-23)18-20-14-16-22(17-15-20)21-10-6-4-7-11-21;1-16(21(25)26)14-20(24-22(27)28-23(2,3)4)15-17-10-12-19(13-11-17)18-8-6-5-7-9-18;1-16-14-20(24(21(16)25)22(26)27-23(2,3)4)15-17-10-12-19(13-11-17)18-8-6-5-7-9-18;1-22(2,3)26-21(25)23-19(13-14-20(23)24)15-16-9-11-18(12-10-16)17-7-5-4-6-8-17/h4-17,24-25H,18-19H2,1-3H3;5-13,20H,1,14-15H2,2-4H3,(H,24,27)(H,25,26);5-13,20H,1,14-15H2,2-4H3;4-12,19H,13-15H2,1-3H3/t24-,25?;2*20-;19-/m1100/s1. The Kier molecular flexibility index (Phi) is 29.4. The Balaban J connectivity index is 0.000000176. The van der Waals surface area contributed by atoms with Gasteiger partial charge in [-0.2, -0.15) is 0 Å². The zero-order valence-corrected chi connectivity index (χ0v) is 67.9. The zero-order valence-electron chi connectivity index (χ0n) is 67.9. The molecule has 0 bridgehead atoms. The molecule has 3 fully saturated rings. The number of ether oxygens (including phenoxy) is 4. The van der Waals surface area contributed by atoms with E-state index in [9.17, 15) is 43.2 Å². The van der Waals surface area contributed by atoms with Crippen molar-refractivity contribution in [2.24, 2.45) is 5.92 Å². The molecule has 9 aromatic carbocycles. The van der Waals surface area contributed by atoms with Crippen LogP contribution < -0.4 is 5.32 Å². The second-order valence-electron chi connectivity index (χ2n) is 32.9. The number of aliphatic carboxylic acids is 1. The number of imide groups is 3. The SMILES string of the molecule is C=C(C[C@H](Cc1ccc(-c2ccccc2)cc1)NC(=O)OC(C)(C)C)C(=O)O.C=C1C[C@@H](Cc2ccc(-c3ccccc3)cc2)N(C(=O)OC(C)(C)C)C1=O.CC(C)(C)OC(=O)N1C(=O)C(C(=O)c2ccccc2)C[C@H]1Cc1ccc(-c2ccccc2)cc1.CC(C)(C)OC(=O)N1C(=O)CC[C@H]1Cc1ccc(-c2ccccc2)cc1. The summed E-state index contributed by atoms with van der Waals surface area (Å²) < 4.78 is 21.6. The predicted octanol–water partition coefficient (Wildman–Crippen LogP) is 20.6. The first-order chi connectivity index (χ1) is 54.4. The Labute approximate surface area is 676 Å². The summed E-state index contributed by atoms with van der Waals surface area (Å²) in [6, 6.07) is 80.5. The van der Waals surface area contributed by atoms with Crippen molar-refractivity contribution in [1.82, 2.24) is 20.0 Å². The van der Waals surface area contributed by atoms with Gasteiger partial charge < -0.3 is 29.4 Å². The highest BCUT2D eigenvalue weighted by Crippen LogP contribution is 2.35. The molecule has 3 aliphatic heterocycles. The van der Waals surface area contributed by atoms with Gasteiger partial charge >= 0.3 is 30.3 Å². The van der Waals surface area contributed by atoms with E-state index in [1.54, 1.807) is 86.6 Å². The third kappa shape index (κ3) is 26.1. The van der Waals surface area contributed by atoms with Crippen molar-refractivity contribution in [3.05, 3.63) is 301 Å². The van der Waals surface area contributed by atoms with Gasteiger partial charge in [0.25, 0.3) is 5.91 Å².